The molecule has 47 heavy (non-hydrogen) atoms. The highest BCUT2D eigenvalue weighted by molar-refractivity contribution is 6.31. The Morgan fingerprint density at radius 3 is 2.60 bits per heavy atom. The van der Waals surface area contributed by atoms with Crippen LogP contribution in [0.4, 0.5) is 0 Å². The van der Waals surface area contributed by atoms with Crippen molar-refractivity contribution in [2.24, 2.45) is 10.7 Å². The Kier molecular flexibility index (Phi) is 8.63. The molecule has 250 valence electrons. The molecule has 2 heterocycles. The number of benzene rings is 2. The van der Waals surface area contributed by atoms with Gasteiger partial charge in [0.15, 0.2) is 12.1 Å². The van der Waals surface area contributed by atoms with Crippen molar-refractivity contribution in [3.63, 3.8) is 0 Å². The van der Waals surface area contributed by atoms with Gasteiger partial charge in [0.25, 0.3) is 0 Å². The smallest absolute Gasteiger partial charge is 0.202 e. The van der Waals surface area contributed by atoms with E-state index < -0.39 is 83.5 Å². The first-order valence-corrected chi connectivity index (χ1v) is 15.3. The lowest BCUT2D eigenvalue weighted by Gasteiger charge is -2.43. The second kappa shape index (κ2) is 12.4. The molecule has 3 aromatic rings. The highest BCUT2D eigenvalue weighted by Crippen LogP contribution is 2.52. The summed E-state index contributed by atoms with van der Waals surface area (Å²) in [5, 5.41) is 64.4. The standard InChI is InChI=1S/C32H37N5O10/c1-4-15-11-37(36-35-15)13-34-21(12-38)32(44)9-17-24(20(10-32)47-22-8-18(33)27(39)14(2)46-22)31(43)26-25(29(17)41)28(40)16-6-5-7-19(45-3)23(16)30(26)42/h5-7,11,14,18,20,22,27,38-39,41,43-44H,4,8-10,12-13,33H2,1-3H3. The summed E-state index contributed by atoms with van der Waals surface area (Å²) < 4.78 is 18.9. The Morgan fingerprint density at radius 1 is 1.19 bits per heavy atom. The molecule has 0 amide bonds. The van der Waals surface area contributed by atoms with E-state index in [1.165, 1.54) is 30.0 Å². The fraction of sp³-hybridized carbons (Fsp3) is 0.469. The molecule has 1 fully saturated rings. The third-order valence-corrected chi connectivity index (χ3v) is 9.18. The van der Waals surface area contributed by atoms with Crippen LogP contribution in [-0.2, 0) is 29.0 Å². The lowest BCUT2D eigenvalue weighted by Crippen LogP contribution is -2.53. The fourth-order valence-corrected chi connectivity index (χ4v) is 6.68. The van der Waals surface area contributed by atoms with E-state index in [1.807, 2.05) is 6.92 Å². The van der Waals surface area contributed by atoms with Crippen LogP contribution >= 0.6 is 0 Å². The second-order valence-corrected chi connectivity index (χ2v) is 12.1. The molecule has 1 aromatic heterocycles. The number of aliphatic imine (C=N–C) groups is 1. The summed E-state index contributed by atoms with van der Waals surface area (Å²) in [6.45, 7) is 2.75. The van der Waals surface area contributed by atoms with E-state index in [0.29, 0.717) is 6.42 Å². The van der Waals surface area contributed by atoms with E-state index in [1.54, 1.807) is 13.1 Å². The molecular weight excluding hydrogens is 614 g/mol. The number of carbonyl (C=O) groups is 2. The van der Waals surface area contributed by atoms with Gasteiger partial charge in [-0.1, -0.05) is 24.3 Å². The van der Waals surface area contributed by atoms with Crippen molar-refractivity contribution in [3.05, 3.63) is 63.5 Å². The third kappa shape index (κ3) is 5.48. The highest BCUT2D eigenvalue weighted by Gasteiger charge is 2.49. The van der Waals surface area contributed by atoms with Gasteiger partial charge in [-0.05, 0) is 19.4 Å². The number of aliphatic hydroxyl groups excluding tert-OH is 2. The number of methoxy groups -OCH3 is 1. The highest BCUT2D eigenvalue weighted by atomic mass is 16.7. The molecule has 0 bridgehead atoms. The number of aromatic nitrogens is 3. The number of rotatable bonds is 8. The van der Waals surface area contributed by atoms with Gasteiger partial charge in [0, 0.05) is 42.0 Å². The topological polar surface area (TPSA) is 232 Å². The number of phenolic OH excluding ortho intramolecular Hbond substituents is 2. The molecule has 2 aliphatic carbocycles. The van der Waals surface area contributed by atoms with Gasteiger partial charge in [0.1, 0.15) is 29.5 Å². The van der Waals surface area contributed by atoms with Gasteiger partial charge in [-0.2, -0.15) is 0 Å². The van der Waals surface area contributed by atoms with Crippen LogP contribution in [0.15, 0.2) is 29.4 Å². The van der Waals surface area contributed by atoms with Crippen molar-refractivity contribution in [1.29, 1.82) is 0 Å². The molecular formula is C32H37N5O10. The first-order valence-electron chi connectivity index (χ1n) is 15.3. The molecule has 2 aromatic carbocycles. The first-order chi connectivity index (χ1) is 22.4. The minimum Gasteiger partial charge on any atom is -0.507 e. The predicted molar refractivity (Wildman–Crippen MR) is 164 cm³/mol. The van der Waals surface area contributed by atoms with Gasteiger partial charge in [-0.3, -0.25) is 14.6 Å². The molecule has 0 saturated carbocycles. The van der Waals surface area contributed by atoms with Crippen LogP contribution in [-0.4, -0.2) is 102 Å². The maximum absolute atomic E-state index is 13.9. The summed E-state index contributed by atoms with van der Waals surface area (Å²) in [4.78, 5) is 32.1. The van der Waals surface area contributed by atoms with E-state index in [2.05, 4.69) is 15.3 Å². The van der Waals surface area contributed by atoms with Gasteiger partial charge in [-0.15, -0.1) is 5.10 Å². The van der Waals surface area contributed by atoms with E-state index in [0.717, 1.165) is 5.69 Å². The maximum atomic E-state index is 13.9. The van der Waals surface area contributed by atoms with Gasteiger partial charge >= 0.3 is 0 Å². The van der Waals surface area contributed by atoms with Crippen molar-refractivity contribution in [2.75, 3.05) is 13.7 Å². The van der Waals surface area contributed by atoms with Crippen LogP contribution in [0.2, 0.25) is 0 Å². The molecule has 1 saturated heterocycles. The summed E-state index contributed by atoms with van der Waals surface area (Å²) in [6, 6.07) is 3.74. The van der Waals surface area contributed by atoms with Crippen molar-refractivity contribution < 1.29 is 49.3 Å². The van der Waals surface area contributed by atoms with Crippen LogP contribution in [0.5, 0.6) is 17.2 Å². The summed E-state index contributed by atoms with van der Waals surface area (Å²) in [6.07, 6.45) is -2.33. The van der Waals surface area contributed by atoms with E-state index in [4.69, 9.17) is 19.9 Å². The van der Waals surface area contributed by atoms with E-state index in [9.17, 15) is 35.1 Å². The van der Waals surface area contributed by atoms with Crippen LogP contribution in [0.1, 0.15) is 81.5 Å². The monoisotopic (exact) mass is 651 g/mol. The van der Waals surface area contributed by atoms with Crippen molar-refractivity contribution in [1.82, 2.24) is 15.0 Å². The number of ketones is 2. The van der Waals surface area contributed by atoms with Crippen LogP contribution < -0.4 is 10.5 Å². The fourth-order valence-electron chi connectivity index (χ4n) is 6.68. The number of hydrogen-bond acceptors (Lipinski definition) is 14. The summed E-state index contributed by atoms with van der Waals surface area (Å²) >= 11 is 0. The second-order valence-electron chi connectivity index (χ2n) is 12.1. The molecule has 1 aliphatic heterocycles. The molecule has 6 atom stereocenters. The number of nitrogens with zero attached hydrogens (tertiary/aromatic N) is 4. The normalized spacial score (nSPS) is 27.3. The number of nitrogens with two attached hydrogens (primary N) is 1. The zero-order valence-corrected chi connectivity index (χ0v) is 26.1. The zero-order valence-electron chi connectivity index (χ0n) is 26.1. The number of aromatic hydroxyl groups is 2. The Balaban J connectivity index is 1.48. The van der Waals surface area contributed by atoms with Gasteiger partial charge < -0.3 is 45.5 Å². The minimum absolute atomic E-state index is 0.0237. The number of fused-ring (bicyclic) bond motifs is 3. The number of ether oxygens (including phenoxy) is 3. The SMILES string of the molecule is CCc1cn(CN=C(CO)C2(O)Cc3c(O)c4c(c(O)c3C(OC3CC(N)C(O)C(C)O3)C2)C(=O)c2c(OC)cccc2C4=O)nn1. The number of hydrogen-bond donors (Lipinski definition) is 6. The number of carbonyl (C=O) groups excluding carboxylic acids is 2. The Bertz CT molecular complexity index is 1760. The quantitative estimate of drug-likeness (QED) is 0.114. The van der Waals surface area contributed by atoms with Crippen LogP contribution in [0.25, 0.3) is 0 Å². The number of phenols is 2. The maximum Gasteiger partial charge on any atom is 0.202 e. The van der Waals surface area contributed by atoms with Crippen molar-refractivity contribution in [3.8, 4) is 17.2 Å². The molecule has 15 nitrogen and oxygen atoms in total. The minimum atomic E-state index is -1.97. The van der Waals surface area contributed by atoms with Crippen LogP contribution in [0.3, 0.4) is 0 Å². The van der Waals surface area contributed by atoms with Gasteiger partial charge in [0.05, 0.1) is 66.3 Å². The Labute approximate surface area is 269 Å². The van der Waals surface area contributed by atoms with Gasteiger partial charge in [-0.25, -0.2) is 4.68 Å². The average molecular weight is 652 g/mol. The van der Waals surface area contributed by atoms with Crippen LogP contribution in [0, 0.1) is 0 Å². The van der Waals surface area contributed by atoms with Crippen molar-refractivity contribution >= 4 is 17.3 Å². The largest absolute Gasteiger partial charge is 0.507 e. The molecule has 15 heteroatoms. The number of aryl methyl sites for hydroxylation is 1. The lowest BCUT2D eigenvalue weighted by molar-refractivity contribution is -0.245. The predicted octanol–water partition coefficient (Wildman–Crippen LogP) is 0.685. The number of aliphatic hydroxyl groups is 3. The summed E-state index contributed by atoms with van der Waals surface area (Å²) in [5.41, 5.74) is 3.74. The van der Waals surface area contributed by atoms with Gasteiger partial charge in [0.2, 0.25) is 5.78 Å². The Morgan fingerprint density at radius 2 is 1.94 bits per heavy atom. The molecule has 6 unspecified atom stereocenters. The average Bonchev–Trinajstić information content (AvgIpc) is 3.51. The molecule has 6 rings (SSSR count). The molecule has 0 spiro atoms. The molecule has 3 aliphatic rings. The molecule has 0 radical (unpaired) electrons. The van der Waals surface area contributed by atoms with Crippen molar-refractivity contribution in [2.45, 2.75) is 82.4 Å². The molecule has 7 N–H and O–H groups in total. The summed E-state index contributed by atoms with van der Waals surface area (Å²) in [7, 11) is 1.34. The zero-order chi connectivity index (χ0) is 33.8. The third-order valence-electron chi connectivity index (χ3n) is 9.18. The van der Waals surface area contributed by atoms with E-state index >= 15 is 0 Å². The summed E-state index contributed by atoms with van der Waals surface area (Å²) in [5.74, 6) is -2.59. The lowest BCUT2D eigenvalue weighted by atomic mass is 9.71. The van der Waals surface area contributed by atoms with E-state index in [-0.39, 0.29) is 53.2 Å². The first kappa shape index (κ1) is 32.7. The Hall–Kier alpha value is -4.25.